The molecule has 23 heavy (non-hydrogen) atoms. The van der Waals surface area contributed by atoms with Crippen LogP contribution >= 0.6 is 7.92 Å². The molecule has 0 heterocycles. The van der Waals surface area contributed by atoms with Gasteiger partial charge in [-0.3, -0.25) is 4.79 Å². The highest BCUT2D eigenvalue weighted by Gasteiger charge is 2.24. The highest BCUT2D eigenvalue weighted by molar-refractivity contribution is 7.66. The molecule has 0 bridgehead atoms. The molecule has 0 spiro atoms. The van der Waals surface area contributed by atoms with Crippen LogP contribution in [0.15, 0.2) is 48.5 Å². The van der Waals surface area contributed by atoms with Gasteiger partial charge in [-0.15, -0.1) is 0 Å². The number of esters is 1. The van der Waals surface area contributed by atoms with E-state index in [2.05, 4.69) is 45.6 Å². The number of rotatable bonds is 3. The summed E-state index contributed by atoms with van der Waals surface area (Å²) in [6.45, 7) is 10.6. The second-order valence-corrected chi connectivity index (χ2v) is 9.28. The summed E-state index contributed by atoms with van der Waals surface area (Å²) in [7, 11) is -0.334. The molecule has 0 saturated carbocycles. The van der Waals surface area contributed by atoms with E-state index in [0.717, 1.165) is 11.1 Å². The van der Waals surface area contributed by atoms with Crippen LogP contribution in [-0.2, 0) is 4.79 Å². The molecule has 2 aromatic carbocycles. The molecular weight excluding hydrogens is 302 g/mol. The predicted molar refractivity (Wildman–Crippen MR) is 101 cm³/mol. The van der Waals surface area contributed by atoms with Gasteiger partial charge in [-0.1, -0.05) is 71.2 Å². The first-order valence-electron chi connectivity index (χ1n) is 7.41. The molecule has 2 aromatic rings. The lowest BCUT2D eigenvalue weighted by atomic mass is 10.0. The van der Waals surface area contributed by atoms with Gasteiger partial charge in [-0.05, 0) is 28.8 Å². The second-order valence-electron chi connectivity index (χ2n) is 6.34. The van der Waals surface area contributed by atoms with E-state index in [9.17, 15) is 4.79 Å². The van der Waals surface area contributed by atoms with Crippen LogP contribution in [0.4, 0.5) is 0 Å². The summed E-state index contributed by atoms with van der Waals surface area (Å²) in [4.78, 5) is 11.4. The van der Waals surface area contributed by atoms with Gasteiger partial charge in [-0.25, -0.2) is 0 Å². The lowest BCUT2D eigenvalue weighted by molar-refractivity contribution is -0.131. The minimum atomic E-state index is -0.334. The van der Waals surface area contributed by atoms with Crippen molar-refractivity contribution in [3.05, 3.63) is 48.5 Å². The fourth-order valence-electron chi connectivity index (χ4n) is 2.29. The summed E-state index contributed by atoms with van der Waals surface area (Å²) in [5.74, 6) is 0.333. The SMILES string of the molecule is CC(=O)Oc1ccccc1-c1ccccc1P(C)C(C)(C)C.[B]. The van der Waals surface area contributed by atoms with Gasteiger partial charge in [0.15, 0.2) is 0 Å². The summed E-state index contributed by atoms with van der Waals surface area (Å²) < 4.78 is 5.39. The molecule has 3 radical (unpaired) electrons. The Morgan fingerprint density at radius 3 is 2.04 bits per heavy atom. The van der Waals surface area contributed by atoms with Gasteiger partial charge in [0.1, 0.15) is 5.75 Å². The van der Waals surface area contributed by atoms with Crippen molar-refractivity contribution in [3.8, 4) is 16.9 Å². The summed E-state index contributed by atoms with van der Waals surface area (Å²) in [5.41, 5.74) is 2.13. The smallest absolute Gasteiger partial charge is 0.308 e. The second kappa shape index (κ2) is 7.79. The van der Waals surface area contributed by atoms with E-state index in [1.165, 1.54) is 12.2 Å². The molecule has 1 atom stereocenters. The molecule has 0 aliphatic rings. The third-order valence-corrected chi connectivity index (χ3v) is 6.83. The first kappa shape index (κ1) is 19.5. The Morgan fingerprint density at radius 1 is 0.957 bits per heavy atom. The molecule has 0 saturated heterocycles. The Labute approximate surface area is 142 Å². The monoisotopic (exact) mass is 325 g/mol. The number of para-hydroxylation sites is 1. The quantitative estimate of drug-likeness (QED) is 0.361. The van der Waals surface area contributed by atoms with Crippen LogP contribution in [-0.4, -0.2) is 26.2 Å². The maximum Gasteiger partial charge on any atom is 0.308 e. The fourth-order valence-corrected chi connectivity index (χ4v) is 3.88. The van der Waals surface area contributed by atoms with Crippen molar-refractivity contribution in [2.45, 2.75) is 32.9 Å². The first-order chi connectivity index (χ1) is 10.3. The van der Waals surface area contributed by atoms with Crippen molar-refractivity contribution in [1.29, 1.82) is 0 Å². The summed E-state index contributed by atoms with van der Waals surface area (Å²) in [5, 5.41) is 1.56. The van der Waals surface area contributed by atoms with E-state index in [-0.39, 0.29) is 27.5 Å². The van der Waals surface area contributed by atoms with Gasteiger partial charge < -0.3 is 4.74 Å². The zero-order valence-corrected chi connectivity index (χ0v) is 15.4. The van der Waals surface area contributed by atoms with E-state index in [1.54, 1.807) is 0 Å². The molecule has 1 unspecified atom stereocenters. The van der Waals surface area contributed by atoms with Gasteiger partial charge >= 0.3 is 5.97 Å². The van der Waals surface area contributed by atoms with E-state index in [0.29, 0.717) is 5.75 Å². The number of hydrogen-bond donors (Lipinski definition) is 0. The topological polar surface area (TPSA) is 26.3 Å². The van der Waals surface area contributed by atoms with Crippen LogP contribution in [0.3, 0.4) is 0 Å². The molecule has 2 nitrogen and oxygen atoms in total. The van der Waals surface area contributed by atoms with Crippen LogP contribution in [0.25, 0.3) is 11.1 Å². The maximum absolute atomic E-state index is 11.4. The molecule has 0 aromatic heterocycles. The molecule has 119 valence electrons. The molecule has 0 N–H and O–H groups in total. The average Bonchev–Trinajstić information content (AvgIpc) is 2.45. The molecule has 0 amide bonds. The number of hydrogen-bond acceptors (Lipinski definition) is 2. The van der Waals surface area contributed by atoms with E-state index in [4.69, 9.17) is 4.74 Å². The number of ether oxygens (including phenoxy) is 1. The highest BCUT2D eigenvalue weighted by atomic mass is 31.1. The zero-order valence-electron chi connectivity index (χ0n) is 14.5. The largest absolute Gasteiger partial charge is 0.426 e. The minimum absolute atomic E-state index is 0. The molecule has 0 fully saturated rings. The van der Waals surface area contributed by atoms with Crippen LogP contribution in [0.1, 0.15) is 27.7 Å². The van der Waals surface area contributed by atoms with E-state index in [1.807, 2.05) is 30.3 Å². The first-order valence-corrected chi connectivity index (χ1v) is 9.20. The number of carbonyl (C=O) groups is 1. The Hall–Kier alpha value is -1.60. The Bertz CT molecular complexity index is 677. The van der Waals surface area contributed by atoms with Crippen LogP contribution in [0.5, 0.6) is 5.75 Å². The maximum atomic E-state index is 11.4. The highest BCUT2D eigenvalue weighted by Crippen LogP contribution is 2.47. The van der Waals surface area contributed by atoms with Gasteiger partial charge in [0.25, 0.3) is 0 Å². The minimum Gasteiger partial charge on any atom is -0.426 e. The van der Waals surface area contributed by atoms with Crippen LogP contribution < -0.4 is 10.0 Å². The molecule has 0 aliphatic heterocycles. The summed E-state index contributed by atoms with van der Waals surface area (Å²) in [6.07, 6.45) is 0. The molecule has 0 aliphatic carbocycles. The number of carbonyl (C=O) groups excluding carboxylic acids is 1. The van der Waals surface area contributed by atoms with Crippen molar-refractivity contribution < 1.29 is 9.53 Å². The van der Waals surface area contributed by atoms with Gasteiger partial charge in [0.05, 0.1) is 0 Å². The van der Waals surface area contributed by atoms with Gasteiger partial charge in [-0.2, -0.15) is 0 Å². The lowest BCUT2D eigenvalue weighted by Gasteiger charge is -2.30. The third-order valence-electron chi connectivity index (χ3n) is 3.70. The van der Waals surface area contributed by atoms with Gasteiger partial charge in [0, 0.05) is 20.9 Å². The van der Waals surface area contributed by atoms with E-state index < -0.39 is 0 Å². The fraction of sp³-hybridized carbons (Fsp3) is 0.316. The third kappa shape index (κ3) is 4.69. The standard InChI is InChI=1S/C19H23O2P.B/c1-14(20)21-17-12-8-6-10-15(17)16-11-7-9-13-18(16)22(5)19(2,3)4;/h6-13H,1-5H3;. The van der Waals surface area contributed by atoms with Crippen molar-refractivity contribution in [2.75, 3.05) is 6.66 Å². The molecular formula is C19H23BO2P. The van der Waals surface area contributed by atoms with Crippen molar-refractivity contribution in [2.24, 2.45) is 0 Å². The van der Waals surface area contributed by atoms with E-state index >= 15 is 0 Å². The lowest BCUT2D eigenvalue weighted by Crippen LogP contribution is -2.20. The van der Waals surface area contributed by atoms with Crippen LogP contribution in [0, 0.1) is 0 Å². The summed E-state index contributed by atoms with van der Waals surface area (Å²) in [6, 6.07) is 16.2. The Kier molecular flexibility index (Phi) is 6.59. The van der Waals surface area contributed by atoms with Crippen molar-refractivity contribution in [1.82, 2.24) is 0 Å². The Balaban J connectivity index is 0.00000264. The number of benzene rings is 2. The van der Waals surface area contributed by atoms with Gasteiger partial charge in [0.2, 0.25) is 0 Å². The molecule has 2 rings (SSSR count). The Morgan fingerprint density at radius 2 is 1.48 bits per heavy atom. The molecule has 4 heteroatoms. The zero-order chi connectivity index (χ0) is 16.3. The van der Waals surface area contributed by atoms with Crippen molar-refractivity contribution >= 4 is 27.6 Å². The summed E-state index contributed by atoms with van der Waals surface area (Å²) >= 11 is 0. The average molecular weight is 325 g/mol. The van der Waals surface area contributed by atoms with Crippen molar-refractivity contribution in [3.63, 3.8) is 0 Å². The normalized spacial score (nSPS) is 12.2. The van der Waals surface area contributed by atoms with Crippen LogP contribution in [0.2, 0.25) is 0 Å². The predicted octanol–water partition coefficient (Wildman–Crippen LogP) is 4.43.